The Hall–Kier alpha value is -3.58. The highest BCUT2D eigenvalue weighted by Gasteiger charge is 2.43. The molecule has 0 aromatic heterocycles. The Kier molecular flexibility index (Phi) is 7.22. The Balaban J connectivity index is 1.67. The number of carbonyl (C=O) groups excluding carboxylic acids is 2. The molecule has 1 aliphatic rings. The molecule has 2 amide bonds. The smallest absolute Gasteiger partial charge is 0.248 e. The van der Waals surface area contributed by atoms with Gasteiger partial charge in [-0.2, -0.15) is 8.61 Å². The molecule has 0 radical (unpaired) electrons. The van der Waals surface area contributed by atoms with Gasteiger partial charge in [0.15, 0.2) is 0 Å². The zero-order valence-corrected chi connectivity index (χ0v) is 20.7. The van der Waals surface area contributed by atoms with E-state index in [9.17, 15) is 26.4 Å². The number of nitrogens with two attached hydrogens (primary N) is 1. The summed E-state index contributed by atoms with van der Waals surface area (Å²) in [5.41, 5.74) is 5.78. The number of anilines is 1. The number of hydrogen-bond donors (Lipinski definition) is 2. The van der Waals surface area contributed by atoms with Crippen LogP contribution < -0.4 is 11.1 Å². The van der Waals surface area contributed by atoms with E-state index in [1.165, 1.54) is 48.5 Å². The molecule has 0 unspecified atom stereocenters. The normalized spacial score (nSPS) is 17.4. The van der Waals surface area contributed by atoms with E-state index in [4.69, 9.17) is 5.73 Å². The summed E-state index contributed by atoms with van der Waals surface area (Å²) in [6.45, 7) is -0.725. The van der Waals surface area contributed by atoms with E-state index in [0.29, 0.717) is 5.69 Å². The largest absolute Gasteiger partial charge is 0.366 e. The van der Waals surface area contributed by atoms with Gasteiger partial charge in [0.05, 0.1) is 9.79 Å². The van der Waals surface area contributed by atoms with Gasteiger partial charge in [0.2, 0.25) is 31.9 Å². The molecule has 36 heavy (non-hydrogen) atoms. The van der Waals surface area contributed by atoms with E-state index in [1.54, 1.807) is 36.4 Å². The summed E-state index contributed by atoms with van der Waals surface area (Å²) < 4.78 is 55.4. The fourth-order valence-electron chi connectivity index (χ4n) is 3.87. The first-order valence-electron chi connectivity index (χ1n) is 10.9. The summed E-state index contributed by atoms with van der Waals surface area (Å²) in [6, 6.07) is 19.8. The van der Waals surface area contributed by atoms with Crippen molar-refractivity contribution in [3.63, 3.8) is 0 Å². The number of piperazine rings is 1. The summed E-state index contributed by atoms with van der Waals surface area (Å²) in [5.74, 6) is -1.35. The van der Waals surface area contributed by atoms with Crippen molar-refractivity contribution < 1.29 is 26.4 Å². The first-order valence-corrected chi connectivity index (χ1v) is 13.8. The molecule has 0 bridgehead atoms. The molecule has 10 nitrogen and oxygen atoms in total. The van der Waals surface area contributed by atoms with Crippen LogP contribution >= 0.6 is 0 Å². The lowest BCUT2D eigenvalue weighted by Crippen LogP contribution is -2.60. The molecule has 0 aliphatic carbocycles. The van der Waals surface area contributed by atoms with Crippen molar-refractivity contribution in [3.05, 3.63) is 90.5 Å². The van der Waals surface area contributed by atoms with Gasteiger partial charge in [0, 0.05) is 30.9 Å². The van der Waals surface area contributed by atoms with Crippen LogP contribution in [0.4, 0.5) is 5.69 Å². The van der Waals surface area contributed by atoms with Crippen LogP contribution in [-0.2, 0) is 24.8 Å². The molecule has 1 heterocycles. The fraction of sp³-hybridized carbons (Fsp3) is 0.167. The molecule has 188 valence electrons. The number of amides is 2. The van der Waals surface area contributed by atoms with Gasteiger partial charge in [-0.3, -0.25) is 9.59 Å². The van der Waals surface area contributed by atoms with Crippen LogP contribution in [0.2, 0.25) is 0 Å². The van der Waals surface area contributed by atoms with Crippen molar-refractivity contribution in [2.45, 2.75) is 15.8 Å². The number of primary amides is 1. The maximum atomic E-state index is 13.4. The van der Waals surface area contributed by atoms with Crippen LogP contribution in [0.25, 0.3) is 0 Å². The second-order valence-corrected chi connectivity index (χ2v) is 11.9. The van der Waals surface area contributed by atoms with Gasteiger partial charge >= 0.3 is 0 Å². The molecule has 3 aromatic rings. The number of hydrogen-bond acceptors (Lipinski definition) is 6. The van der Waals surface area contributed by atoms with Crippen LogP contribution in [0.1, 0.15) is 10.4 Å². The predicted molar refractivity (Wildman–Crippen MR) is 133 cm³/mol. The highest BCUT2D eigenvalue weighted by atomic mass is 32.2. The number of benzene rings is 3. The van der Waals surface area contributed by atoms with Crippen LogP contribution in [0, 0.1) is 0 Å². The minimum Gasteiger partial charge on any atom is -0.366 e. The molecule has 1 fully saturated rings. The summed E-state index contributed by atoms with van der Waals surface area (Å²) in [5, 5.41) is 2.62. The van der Waals surface area contributed by atoms with Crippen LogP contribution in [-0.4, -0.2) is 62.9 Å². The summed E-state index contributed by atoms with van der Waals surface area (Å²) in [6.07, 6.45) is 0. The standard InChI is InChI=1S/C24H24N4O6S2/c25-23(29)18-11-13-19(14-12-18)26-24(30)22-17-27(35(31,32)20-7-3-1-4-8-20)15-16-28(22)36(33,34)21-9-5-2-6-10-21/h1-14,22H,15-17H2,(H2,25,29)(H,26,30)/t22-/m1/s1. The Morgan fingerprint density at radius 3 is 1.81 bits per heavy atom. The average Bonchev–Trinajstić information content (AvgIpc) is 2.89. The van der Waals surface area contributed by atoms with Crippen molar-refractivity contribution in [1.82, 2.24) is 8.61 Å². The van der Waals surface area contributed by atoms with Crippen molar-refractivity contribution in [3.8, 4) is 0 Å². The first kappa shape index (κ1) is 25.5. The summed E-state index contributed by atoms with van der Waals surface area (Å²) in [7, 11) is -8.08. The Morgan fingerprint density at radius 2 is 1.28 bits per heavy atom. The Bertz CT molecular complexity index is 1460. The molecular formula is C24H24N4O6S2. The van der Waals surface area contributed by atoms with Crippen molar-refractivity contribution >= 4 is 37.5 Å². The molecule has 3 N–H and O–H groups in total. The number of sulfonamides is 2. The molecule has 1 aliphatic heterocycles. The number of rotatable bonds is 7. The second kappa shape index (κ2) is 10.2. The highest BCUT2D eigenvalue weighted by molar-refractivity contribution is 7.89. The maximum Gasteiger partial charge on any atom is 0.248 e. The zero-order chi connectivity index (χ0) is 25.9. The molecule has 1 saturated heterocycles. The van der Waals surface area contributed by atoms with Gasteiger partial charge in [-0.25, -0.2) is 16.8 Å². The third kappa shape index (κ3) is 5.16. The van der Waals surface area contributed by atoms with Gasteiger partial charge in [-0.1, -0.05) is 36.4 Å². The number of nitrogens with zero attached hydrogens (tertiary/aromatic N) is 2. The van der Waals surface area contributed by atoms with E-state index in [-0.39, 0.29) is 35.0 Å². The fourth-order valence-corrected chi connectivity index (χ4v) is 6.92. The van der Waals surface area contributed by atoms with Gasteiger partial charge in [0.25, 0.3) is 0 Å². The summed E-state index contributed by atoms with van der Waals surface area (Å²) in [4.78, 5) is 24.7. The Morgan fingerprint density at radius 1 is 0.750 bits per heavy atom. The van der Waals surface area contributed by atoms with Gasteiger partial charge < -0.3 is 11.1 Å². The summed E-state index contributed by atoms with van der Waals surface area (Å²) >= 11 is 0. The minimum atomic E-state index is -4.11. The van der Waals surface area contributed by atoms with Gasteiger partial charge in [0.1, 0.15) is 6.04 Å². The number of nitrogens with one attached hydrogen (secondary N) is 1. The average molecular weight is 529 g/mol. The molecule has 0 saturated carbocycles. The topological polar surface area (TPSA) is 147 Å². The highest BCUT2D eigenvalue weighted by Crippen LogP contribution is 2.26. The third-order valence-electron chi connectivity index (χ3n) is 5.76. The van der Waals surface area contributed by atoms with E-state index in [1.807, 2.05) is 0 Å². The first-order chi connectivity index (χ1) is 17.1. The Labute approximate surface area is 209 Å². The van der Waals surface area contributed by atoms with Crippen LogP contribution in [0.15, 0.2) is 94.7 Å². The predicted octanol–water partition coefficient (Wildman–Crippen LogP) is 1.49. The monoisotopic (exact) mass is 528 g/mol. The molecule has 1 atom stereocenters. The van der Waals surface area contributed by atoms with Crippen LogP contribution in [0.5, 0.6) is 0 Å². The lowest BCUT2D eigenvalue weighted by molar-refractivity contribution is -0.120. The lowest BCUT2D eigenvalue weighted by atomic mass is 10.2. The zero-order valence-electron chi connectivity index (χ0n) is 19.0. The molecule has 4 rings (SSSR count). The minimum absolute atomic E-state index is 0.00650. The maximum absolute atomic E-state index is 13.4. The molecule has 12 heteroatoms. The van der Waals surface area contributed by atoms with Gasteiger partial charge in [-0.15, -0.1) is 0 Å². The van der Waals surface area contributed by atoms with Crippen molar-refractivity contribution in [2.24, 2.45) is 5.73 Å². The second-order valence-electron chi connectivity index (χ2n) is 8.05. The van der Waals surface area contributed by atoms with E-state index >= 15 is 0 Å². The quantitative estimate of drug-likeness (QED) is 0.475. The van der Waals surface area contributed by atoms with E-state index in [2.05, 4.69) is 5.32 Å². The third-order valence-corrected chi connectivity index (χ3v) is 9.57. The SMILES string of the molecule is NC(=O)c1ccc(NC(=O)[C@H]2CN(S(=O)(=O)c3ccccc3)CCN2S(=O)(=O)c2ccccc2)cc1. The number of carbonyl (C=O) groups is 2. The molecular weight excluding hydrogens is 504 g/mol. The molecule has 0 spiro atoms. The van der Waals surface area contributed by atoms with Crippen molar-refractivity contribution in [2.75, 3.05) is 25.0 Å². The van der Waals surface area contributed by atoms with E-state index < -0.39 is 37.9 Å². The lowest BCUT2D eigenvalue weighted by Gasteiger charge is -2.38. The van der Waals surface area contributed by atoms with Gasteiger partial charge in [-0.05, 0) is 48.5 Å². The van der Waals surface area contributed by atoms with Crippen molar-refractivity contribution in [1.29, 1.82) is 0 Å². The van der Waals surface area contributed by atoms with Crippen LogP contribution in [0.3, 0.4) is 0 Å². The van der Waals surface area contributed by atoms with E-state index in [0.717, 1.165) is 8.61 Å². The molecule has 3 aromatic carbocycles.